The average Bonchev–Trinajstić information content (AvgIpc) is 0.811. The molecule has 0 aromatic carbocycles. The minimum absolute atomic E-state index is 0. The zero-order valence-corrected chi connectivity index (χ0v) is 4.64. The van der Waals surface area contributed by atoms with E-state index in [4.69, 9.17) is 10.2 Å². The summed E-state index contributed by atoms with van der Waals surface area (Å²) >= 11 is -4.11. The molecule has 1 radical (unpaired) electrons. The average molecular weight is 151 g/mol. The first-order valence-electron chi connectivity index (χ1n) is 0.500. The summed E-state index contributed by atoms with van der Waals surface area (Å²) < 4.78 is 25.8. The summed E-state index contributed by atoms with van der Waals surface area (Å²) in [7, 11) is 0. The maximum atomic E-state index is 8.59. The molecule has 0 fully saturated rings. The molecule has 0 rings (SSSR count). The van der Waals surface area contributed by atoms with Gasteiger partial charge in [0.25, 0.3) is 0 Å². The third-order valence-electron chi connectivity index (χ3n) is 0. The van der Waals surface area contributed by atoms with E-state index in [-0.39, 0.29) is 18.9 Å². The van der Waals surface area contributed by atoms with Crippen LogP contribution in [0.1, 0.15) is 0 Å². The summed E-state index contributed by atoms with van der Waals surface area (Å²) in [5.74, 6) is 0. The van der Waals surface area contributed by atoms with Crippen LogP contribution in [-0.4, -0.2) is 18.9 Å². The van der Waals surface area contributed by atoms with Crippen molar-refractivity contribution in [3.8, 4) is 0 Å². The maximum absolute atomic E-state index is 8.59. The van der Waals surface area contributed by atoms with Gasteiger partial charge in [0.15, 0.2) is 0 Å². The first-order chi connectivity index (χ1) is 1.73. The fraction of sp³-hybridized carbons (Fsp3) is 0. The second kappa shape index (κ2) is 4.69. The van der Waals surface area contributed by atoms with Crippen molar-refractivity contribution < 1.29 is 27.4 Å². The molecule has 0 N–H and O–H groups in total. The topological polar surface area (TPSA) is 51.2 Å². The van der Waals surface area contributed by atoms with Crippen LogP contribution in [0.2, 0.25) is 0 Å². The monoisotopic (exact) mass is 153 g/mol. The molecule has 5 heavy (non-hydrogen) atoms. The van der Waals surface area contributed by atoms with Crippen molar-refractivity contribution in [1.29, 1.82) is 0 Å². The van der Waals surface area contributed by atoms with Gasteiger partial charge in [-0.1, -0.05) is 0 Å². The van der Waals surface area contributed by atoms with Gasteiger partial charge in [0.05, 0.1) is 0 Å². The molecule has 3 nitrogen and oxygen atoms in total. The molecule has 0 saturated heterocycles. The van der Waals surface area contributed by atoms with E-state index in [0.717, 1.165) is 0 Å². The first kappa shape index (κ1) is 9.19. The van der Waals surface area contributed by atoms with Crippen LogP contribution in [-0.2, 0) is 27.4 Å². The Kier molecular flexibility index (Phi) is 8.61. The summed E-state index contributed by atoms with van der Waals surface area (Å²) in [6.07, 6.45) is 0. The van der Waals surface area contributed by atoms with Gasteiger partial charge in [-0.15, -0.1) is 0 Å². The zero-order valence-electron chi connectivity index (χ0n) is 2.63. The van der Waals surface area contributed by atoms with Crippen molar-refractivity contribution in [1.82, 2.24) is 0 Å². The van der Waals surface area contributed by atoms with E-state index < -0.39 is 17.2 Å². The van der Waals surface area contributed by atoms with Crippen LogP contribution in [0.3, 0.4) is 0 Å². The molecule has 0 aliphatic rings. The van der Waals surface area contributed by atoms with Crippen molar-refractivity contribution in [2.75, 3.05) is 0 Å². The number of hydrogen-bond acceptors (Lipinski definition) is 3. The van der Waals surface area contributed by atoms with Crippen molar-refractivity contribution in [3.63, 3.8) is 0 Å². The summed E-state index contributed by atoms with van der Waals surface area (Å²) in [5.41, 5.74) is 0. The molecule has 25 valence electrons. The molecule has 0 spiro atoms. The first-order valence-corrected chi connectivity index (χ1v) is 2.96. The van der Waals surface area contributed by atoms with Crippen molar-refractivity contribution in [2.45, 2.75) is 0 Å². The Morgan fingerprint density at radius 3 is 1.00 bits per heavy atom. The van der Waals surface area contributed by atoms with Crippen LogP contribution in [0.5, 0.6) is 0 Å². The molecule has 0 bridgehead atoms. The van der Waals surface area contributed by atoms with Gasteiger partial charge in [-0.25, -0.2) is 0 Å². The van der Waals surface area contributed by atoms with E-state index in [2.05, 4.69) is 0 Å². The van der Waals surface area contributed by atoms with E-state index in [9.17, 15) is 0 Å². The van der Waals surface area contributed by atoms with Crippen LogP contribution in [0.15, 0.2) is 0 Å². The number of rotatable bonds is 0. The van der Waals surface area contributed by atoms with E-state index >= 15 is 0 Å². The molecular formula is LiMoO3. The Morgan fingerprint density at radius 2 is 1.00 bits per heavy atom. The molecule has 0 aromatic rings. The Labute approximate surface area is 46.4 Å². The van der Waals surface area contributed by atoms with Crippen molar-refractivity contribution >= 4 is 18.9 Å². The molecule has 0 saturated carbocycles. The Balaban J connectivity index is 0. The fourth-order valence-electron chi connectivity index (χ4n) is 0. The van der Waals surface area contributed by atoms with Gasteiger partial charge in [-0.3, -0.25) is 0 Å². The third-order valence-corrected chi connectivity index (χ3v) is 0. The van der Waals surface area contributed by atoms with E-state index in [1.807, 2.05) is 0 Å². The van der Waals surface area contributed by atoms with Gasteiger partial charge in [-0.2, -0.15) is 0 Å². The van der Waals surface area contributed by atoms with Gasteiger partial charge in [0, 0.05) is 18.9 Å². The Hall–Kier alpha value is 0.686. The van der Waals surface area contributed by atoms with E-state index in [1.54, 1.807) is 0 Å². The third kappa shape index (κ3) is 71.9. The number of hydrogen-bond donors (Lipinski definition) is 0. The van der Waals surface area contributed by atoms with E-state index in [1.165, 1.54) is 0 Å². The Bertz CT molecular complexity index is 76.3. The summed E-state index contributed by atoms with van der Waals surface area (Å²) in [6.45, 7) is 0. The second-order valence-corrected chi connectivity index (χ2v) is 1.21. The molecule has 0 heterocycles. The van der Waals surface area contributed by atoms with Crippen LogP contribution in [0, 0.1) is 0 Å². The predicted octanol–water partition coefficient (Wildman–Crippen LogP) is -0.740. The molecule has 0 aliphatic heterocycles. The molecule has 0 aromatic heterocycles. The van der Waals surface area contributed by atoms with Crippen LogP contribution < -0.4 is 0 Å². The zero-order chi connectivity index (χ0) is 3.58. The second-order valence-electron chi connectivity index (χ2n) is 0.204. The predicted molar refractivity (Wildman–Crippen MR) is 7.81 cm³/mol. The van der Waals surface area contributed by atoms with Crippen LogP contribution in [0.25, 0.3) is 0 Å². The van der Waals surface area contributed by atoms with Gasteiger partial charge in [0.1, 0.15) is 0 Å². The van der Waals surface area contributed by atoms with Crippen molar-refractivity contribution in [3.05, 3.63) is 0 Å². The van der Waals surface area contributed by atoms with Gasteiger partial charge in [0.2, 0.25) is 0 Å². The molecule has 0 unspecified atom stereocenters. The van der Waals surface area contributed by atoms with Gasteiger partial charge < -0.3 is 0 Å². The molecule has 0 atom stereocenters. The molecule has 0 aliphatic carbocycles. The summed E-state index contributed by atoms with van der Waals surface area (Å²) in [4.78, 5) is 0. The van der Waals surface area contributed by atoms with Crippen LogP contribution in [0.4, 0.5) is 0 Å². The SMILES string of the molecule is [Li].[O]=[Mo](=[O])=[O]. The van der Waals surface area contributed by atoms with Crippen molar-refractivity contribution in [2.24, 2.45) is 0 Å². The fourth-order valence-corrected chi connectivity index (χ4v) is 0. The quantitative estimate of drug-likeness (QED) is 0.428. The molecule has 5 heteroatoms. The summed E-state index contributed by atoms with van der Waals surface area (Å²) in [5, 5.41) is 0. The molecule has 0 amide bonds. The normalized spacial score (nSPS) is 4.80. The van der Waals surface area contributed by atoms with E-state index in [0.29, 0.717) is 0 Å². The minimum atomic E-state index is -4.11. The van der Waals surface area contributed by atoms with Crippen LogP contribution >= 0.6 is 0 Å². The standard InChI is InChI=1S/Li.Mo.3O. The Morgan fingerprint density at radius 1 is 1.00 bits per heavy atom. The van der Waals surface area contributed by atoms with Gasteiger partial charge in [-0.05, 0) is 0 Å². The summed E-state index contributed by atoms with van der Waals surface area (Å²) in [6, 6.07) is 0. The molecular weight excluding hydrogens is 151 g/mol. The van der Waals surface area contributed by atoms with Gasteiger partial charge >= 0.3 is 27.4 Å².